The predicted molar refractivity (Wildman–Crippen MR) is 101 cm³/mol. The van der Waals surface area contributed by atoms with Gasteiger partial charge in [-0.15, -0.1) is 0 Å². The van der Waals surface area contributed by atoms with E-state index in [-0.39, 0.29) is 5.91 Å². The van der Waals surface area contributed by atoms with Gasteiger partial charge in [-0.2, -0.15) is 0 Å². The molecule has 2 aromatic carbocycles. The van der Waals surface area contributed by atoms with E-state index in [1.165, 1.54) is 0 Å². The summed E-state index contributed by atoms with van der Waals surface area (Å²) in [5.41, 5.74) is 2.30. The molecule has 26 heavy (non-hydrogen) atoms. The minimum Gasteiger partial charge on any atom is -0.497 e. The van der Waals surface area contributed by atoms with E-state index < -0.39 is 6.10 Å². The lowest BCUT2D eigenvalue weighted by atomic mass is 10.1. The molecule has 1 aliphatic rings. The molecule has 0 unspecified atom stereocenters. The average molecular weight is 352 g/mol. The number of benzene rings is 2. The minimum absolute atomic E-state index is 0.289. The maximum Gasteiger partial charge on any atom is 0.268 e. The number of methoxy groups -OCH3 is 2. The lowest BCUT2D eigenvalue weighted by Gasteiger charge is -2.13. The number of oxime groups is 1. The SMILES string of the molecule is COc1ccc(OC)c(NC(=O)[C@H]2CC(/C=C/c3ccccc3)=NO2)c1. The fourth-order valence-corrected chi connectivity index (χ4v) is 2.52. The molecule has 0 aliphatic carbocycles. The van der Waals surface area contributed by atoms with Crippen LogP contribution in [0.3, 0.4) is 0 Å². The lowest BCUT2D eigenvalue weighted by Crippen LogP contribution is -2.28. The smallest absolute Gasteiger partial charge is 0.268 e. The summed E-state index contributed by atoms with van der Waals surface area (Å²) in [6.07, 6.45) is 3.52. The Balaban J connectivity index is 1.61. The van der Waals surface area contributed by atoms with Crippen molar-refractivity contribution in [3.05, 3.63) is 60.2 Å². The summed E-state index contributed by atoms with van der Waals surface area (Å²) in [5, 5.41) is 6.79. The lowest BCUT2D eigenvalue weighted by molar-refractivity contribution is -0.125. The maximum absolute atomic E-state index is 12.5. The molecule has 0 aromatic heterocycles. The fraction of sp³-hybridized carbons (Fsp3) is 0.200. The van der Waals surface area contributed by atoms with Crippen LogP contribution in [0.1, 0.15) is 12.0 Å². The van der Waals surface area contributed by atoms with Gasteiger partial charge in [0, 0.05) is 12.5 Å². The molecule has 0 saturated carbocycles. The Morgan fingerprint density at radius 1 is 1.15 bits per heavy atom. The van der Waals surface area contributed by atoms with Crippen molar-refractivity contribution in [2.75, 3.05) is 19.5 Å². The molecule has 134 valence electrons. The predicted octanol–water partition coefficient (Wildman–Crippen LogP) is 3.50. The van der Waals surface area contributed by atoms with E-state index in [0.717, 1.165) is 5.56 Å². The Hall–Kier alpha value is -3.28. The second kappa shape index (κ2) is 8.20. The topological polar surface area (TPSA) is 69.2 Å². The van der Waals surface area contributed by atoms with Crippen molar-refractivity contribution in [3.8, 4) is 11.5 Å². The third-order valence-electron chi connectivity index (χ3n) is 3.92. The van der Waals surface area contributed by atoms with Gasteiger partial charge in [-0.25, -0.2) is 0 Å². The zero-order valence-corrected chi connectivity index (χ0v) is 14.6. The first-order chi connectivity index (χ1) is 12.7. The molecule has 3 rings (SSSR count). The molecule has 1 N–H and O–H groups in total. The summed E-state index contributed by atoms with van der Waals surface area (Å²) < 4.78 is 10.4. The van der Waals surface area contributed by atoms with Gasteiger partial charge < -0.3 is 19.6 Å². The third kappa shape index (κ3) is 4.22. The van der Waals surface area contributed by atoms with E-state index in [0.29, 0.717) is 29.3 Å². The van der Waals surface area contributed by atoms with Crippen LogP contribution in [0, 0.1) is 0 Å². The first kappa shape index (κ1) is 17.5. The van der Waals surface area contributed by atoms with Crippen molar-refractivity contribution < 1.29 is 19.1 Å². The quantitative estimate of drug-likeness (QED) is 0.864. The fourth-order valence-electron chi connectivity index (χ4n) is 2.52. The van der Waals surface area contributed by atoms with E-state index in [9.17, 15) is 4.79 Å². The number of hydrogen-bond acceptors (Lipinski definition) is 5. The summed E-state index contributed by atoms with van der Waals surface area (Å²) in [7, 11) is 3.10. The van der Waals surface area contributed by atoms with Crippen molar-refractivity contribution in [1.82, 2.24) is 0 Å². The molecule has 6 heteroatoms. The van der Waals surface area contributed by atoms with Crippen molar-refractivity contribution in [3.63, 3.8) is 0 Å². The van der Waals surface area contributed by atoms with Crippen LogP contribution in [0.15, 0.2) is 59.8 Å². The Morgan fingerprint density at radius 2 is 1.96 bits per heavy atom. The van der Waals surface area contributed by atoms with Crippen LogP contribution >= 0.6 is 0 Å². The Bertz CT molecular complexity index is 831. The molecule has 1 amide bonds. The normalized spacial score (nSPS) is 16.1. The highest BCUT2D eigenvalue weighted by Gasteiger charge is 2.27. The highest BCUT2D eigenvalue weighted by atomic mass is 16.6. The number of amides is 1. The van der Waals surface area contributed by atoms with Gasteiger partial charge in [-0.3, -0.25) is 4.79 Å². The number of nitrogens with one attached hydrogen (secondary N) is 1. The van der Waals surface area contributed by atoms with Crippen molar-refractivity contribution in [2.24, 2.45) is 5.16 Å². The van der Waals surface area contributed by atoms with Gasteiger partial charge >= 0.3 is 0 Å². The standard InChI is InChI=1S/C20H20N2O4/c1-24-16-10-11-18(25-2)17(13-16)21-20(23)19-12-15(22-26-19)9-8-14-6-4-3-5-7-14/h3-11,13,19H,12H2,1-2H3,(H,21,23)/b9-8+/t19-/m1/s1. The van der Waals surface area contributed by atoms with Crippen LogP contribution in [0.25, 0.3) is 6.08 Å². The number of nitrogens with zero attached hydrogens (tertiary/aromatic N) is 1. The van der Waals surface area contributed by atoms with Gasteiger partial charge in [0.15, 0.2) is 0 Å². The molecule has 0 bridgehead atoms. The number of carbonyl (C=O) groups is 1. The first-order valence-corrected chi connectivity index (χ1v) is 8.18. The largest absolute Gasteiger partial charge is 0.497 e. The second-order valence-electron chi connectivity index (χ2n) is 5.68. The van der Waals surface area contributed by atoms with E-state index >= 15 is 0 Å². The van der Waals surface area contributed by atoms with Crippen LogP contribution in [0.2, 0.25) is 0 Å². The maximum atomic E-state index is 12.5. The molecule has 0 saturated heterocycles. The highest BCUT2D eigenvalue weighted by Crippen LogP contribution is 2.29. The summed E-state index contributed by atoms with van der Waals surface area (Å²) in [5.74, 6) is 0.877. The van der Waals surface area contributed by atoms with E-state index in [1.54, 1.807) is 32.4 Å². The number of ether oxygens (including phenoxy) is 2. The van der Waals surface area contributed by atoms with Crippen molar-refractivity contribution in [2.45, 2.75) is 12.5 Å². The molecule has 0 spiro atoms. The van der Waals surface area contributed by atoms with Crippen LogP contribution in [-0.2, 0) is 9.63 Å². The minimum atomic E-state index is -0.679. The molecule has 2 aromatic rings. The Kier molecular flexibility index (Phi) is 5.53. The molecule has 0 fully saturated rings. The van der Waals surface area contributed by atoms with Gasteiger partial charge in [0.2, 0.25) is 6.10 Å². The molecular formula is C20H20N2O4. The van der Waals surface area contributed by atoms with Gasteiger partial charge in [0.25, 0.3) is 5.91 Å². The monoisotopic (exact) mass is 352 g/mol. The number of allylic oxidation sites excluding steroid dienone is 1. The van der Waals surface area contributed by atoms with Crippen LogP contribution in [0.5, 0.6) is 11.5 Å². The summed E-state index contributed by atoms with van der Waals surface area (Å²) in [6.45, 7) is 0. The van der Waals surface area contributed by atoms with Gasteiger partial charge in [-0.1, -0.05) is 41.6 Å². The van der Waals surface area contributed by atoms with Crippen LogP contribution in [0.4, 0.5) is 5.69 Å². The van der Waals surface area contributed by atoms with E-state index in [2.05, 4.69) is 10.5 Å². The number of anilines is 1. The molecule has 0 radical (unpaired) electrons. The average Bonchev–Trinajstić information content (AvgIpc) is 3.16. The Labute approximate surface area is 152 Å². The number of hydrogen-bond donors (Lipinski definition) is 1. The molecule has 6 nitrogen and oxygen atoms in total. The highest BCUT2D eigenvalue weighted by molar-refractivity contribution is 6.04. The van der Waals surface area contributed by atoms with E-state index in [4.69, 9.17) is 14.3 Å². The zero-order chi connectivity index (χ0) is 18.4. The first-order valence-electron chi connectivity index (χ1n) is 8.18. The summed E-state index contributed by atoms with van der Waals surface area (Å²) in [6, 6.07) is 15.1. The van der Waals surface area contributed by atoms with Crippen LogP contribution in [-0.4, -0.2) is 31.9 Å². The van der Waals surface area contributed by atoms with E-state index in [1.807, 2.05) is 42.5 Å². The summed E-state index contributed by atoms with van der Waals surface area (Å²) in [4.78, 5) is 17.7. The zero-order valence-electron chi connectivity index (χ0n) is 14.6. The number of rotatable bonds is 6. The number of carbonyl (C=O) groups excluding carboxylic acids is 1. The summed E-state index contributed by atoms with van der Waals surface area (Å²) >= 11 is 0. The molecule has 1 heterocycles. The molecule has 1 atom stereocenters. The van der Waals surface area contributed by atoms with Gasteiger partial charge in [0.05, 0.1) is 25.6 Å². The molecule has 1 aliphatic heterocycles. The Morgan fingerprint density at radius 3 is 2.69 bits per heavy atom. The second-order valence-corrected chi connectivity index (χ2v) is 5.68. The van der Waals surface area contributed by atoms with Crippen molar-refractivity contribution >= 4 is 23.4 Å². The van der Waals surface area contributed by atoms with Gasteiger partial charge in [0.1, 0.15) is 11.5 Å². The third-order valence-corrected chi connectivity index (χ3v) is 3.92. The van der Waals surface area contributed by atoms with Crippen LogP contribution < -0.4 is 14.8 Å². The molecular weight excluding hydrogens is 332 g/mol. The van der Waals surface area contributed by atoms with Gasteiger partial charge in [-0.05, 0) is 23.8 Å². The van der Waals surface area contributed by atoms with Crippen molar-refractivity contribution in [1.29, 1.82) is 0 Å².